The molecule has 1 fully saturated rings. The van der Waals surface area contributed by atoms with Crippen molar-refractivity contribution in [2.45, 2.75) is 33.8 Å². The highest BCUT2D eigenvalue weighted by molar-refractivity contribution is 6.39. The van der Waals surface area contributed by atoms with E-state index in [1.54, 1.807) is 24.3 Å². The number of anilines is 1. The molecule has 0 aliphatic carbocycles. The van der Waals surface area contributed by atoms with Gasteiger partial charge < -0.3 is 9.47 Å². The second kappa shape index (κ2) is 11.5. The highest BCUT2D eigenvalue weighted by Crippen LogP contribution is 2.33. The standard InChI is InChI=1S/C33H30N2O5/c1-4-17-39-26-14-12-25(13-15-26)35-32(37)29(31(36)34-33(35)38)19-28-27-8-6-5-7-24(27)11-16-30(28)40-20-23-10-9-21(2)22(3)18-23/h5-16,18-19H,4,17,20H2,1-3H3,(H,34,36,38)/b29-19-. The second-order valence-corrected chi connectivity index (χ2v) is 9.71. The summed E-state index contributed by atoms with van der Waals surface area (Å²) in [6, 6.07) is 23.4. The second-order valence-electron chi connectivity index (χ2n) is 9.71. The molecular formula is C33H30N2O5. The summed E-state index contributed by atoms with van der Waals surface area (Å²) >= 11 is 0. The van der Waals surface area contributed by atoms with E-state index in [4.69, 9.17) is 9.47 Å². The third-order valence-electron chi connectivity index (χ3n) is 6.85. The molecule has 1 saturated heterocycles. The fourth-order valence-corrected chi connectivity index (χ4v) is 4.55. The molecule has 1 heterocycles. The number of hydrogen-bond acceptors (Lipinski definition) is 5. The summed E-state index contributed by atoms with van der Waals surface area (Å²) in [6.45, 7) is 6.99. The highest BCUT2D eigenvalue weighted by Gasteiger charge is 2.37. The Labute approximate surface area is 233 Å². The first-order valence-electron chi connectivity index (χ1n) is 13.2. The number of benzene rings is 4. The minimum Gasteiger partial charge on any atom is -0.494 e. The summed E-state index contributed by atoms with van der Waals surface area (Å²) in [5, 5.41) is 4.04. The van der Waals surface area contributed by atoms with Crippen LogP contribution in [0.3, 0.4) is 0 Å². The summed E-state index contributed by atoms with van der Waals surface area (Å²) in [6.07, 6.45) is 2.36. The van der Waals surface area contributed by atoms with Crippen LogP contribution in [0.5, 0.6) is 11.5 Å². The lowest BCUT2D eigenvalue weighted by Crippen LogP contribution is -2.54. The molecule has 0 saturated carbocycles. The van der Waals surface area contributed by atoms with Crippen molar-refractivity contribution >= 4 is 40.4 Å². The maximum atomic E-state index is 13.6. The molecule has 40 heavy (non-hydrogen) atoms. The van der Waals surface area contributed by atoms with Crippen molar-refractivity contribution in [3.05, 3.63) is 107 Å². The van der Waals surface area contributed by atoms with Gasteiger partial charge in [0.25, 0.3) is 11.8 Å². The molecule has 202 valence electrons. The van der Waals surface area contributed by atoms with Gasteiger partial charge in [-0.2, -0.15) is 0 Å². The first-order chi connectivity index (χ1) is 19.4. The molecule has 0 atom stereocenters. The van der Waals surface area contributed by atoms with Gasteiger partial charge in [-0.3, -0.25) is 14.9 Å². The number of ether oxygens (including phenoxy) is 2. The minimum absolute atomic E-state index is 0.168. The lowest BCUT2D eigenvalue weighted by molar-refractivity contribution is -0.122. The largest absolute Gasteiger partial charge is 0.494 e. The molecule has 1 N–H and O–H groups in total. The zero-order valence-electron chi connectivity index (χ0n) is 22.7. The van der Waals surface area contributed by atoms with E-state index in [1.807, 2.05) is 49.4 Å². The van der Waals surface area contributed by atoms with Crippen molar-refractivity contribution < 1.29 is 23.9 Å². The molecule has 4 aromatic carbocycles. The third-order valence-corrected chi connectivity index (χ3v) is 6.85. The number of hydrogen-bond donors (Lipinski definition) is 1. The summed E-state index contributed by atoms with van der Waals surface area (Å²) in [4.78, 5) is 40.3. The average molecular weight is 535 g/mol. The third kappa shape index (κ3) is 5.45. The zero-order valence-corrected chi connectivity index (χ0v) is 22.7. The Morgan fingerprint density at radius 3 is 2.38 bits per heavy atom. The number of urea groups is 1. The lowest BCUT2D eigenvalue weighted by Gasteiger charge is -2.26. The van der Waals surface area contributed by atoms with E-state index in [9.17, 15) is 14.4 Å². The Kier molecular flexibility index (Phi) is 7.64. The highest BCUT2D eigenvalue weighted by atomic mass is 16.5. The van der Waals surface area contributed by atoms with E-state index >= 15 is 0 Å². The summed E-state index contributed by atoms with van der Waals surface area (Å²) in [7, 11) is 0. The Morgan fingerprint density at radius 2 is 1.62 bits per heavy atom. The van der Waals surface area contributed by atoms with Gasteiger partial charge in [-0.1, -0.05) is 55.5 Å². The Hall–Kier alpha value is -4.91. The van der Waals surface area contributed by atoms with Crippen LogP contribution >= 0.6 is 0 Å². The van der Waals surface area contributed by atoms with Crippen LogP contribution in [-0.4, -0.2) is 24.5 Å². The fourth-order valence-electron chi connectivity index (χ4n) is 4.55. The van der Waals surface area contributed by atoms with Gasteiger partial charge in [0.1, 0.15) is 23.7 Å². The molecule has 1 aliphatic heterocycles. The number of imide groups is 2. The Balaban J connectivity index is 1.52. The van der Waals surface area contributed by atoms with Crippen molar-refractivity contribution in [1.82, 2.24) is 5.32 Å². The van der Waals surface area contributed by atoms with Crippen LogP contribution in [0.2, 0.25) is 0 Å². The van der Waals surface area contributed by atoms with Gasteiger partial charge >= 0.3 is 6.03 Å². The van der Waals surface area contributed by atoms with Crippen LogP contribution in [-0.2, 0) is 16.2 Å². The lowest BCUT2D eigenvalue weighted by atomic mass is 9.99. The van der Waals surface area contributed by atoms with Gasteiger partial charge in [-0.25, -0.2) is 9.69 Å². The zero-order chi connectivity index (χ0) is 28.2. The number of aryl methyl sites for hydroxylation is 2. The van der Waals surface area contributed by atoms with Crippen molar-refractivity contribution in [2.75, 3.05) is 11.5 Å². The van der Waals surface area contributed by atoms with E-state index in [0.29, 0.717) is 36.0 Å². The topological polar surface area (TPSA) is 84.9 Å². The van der Waals surface area contributed by atoms with E-state index in [2.05, 4.69) is 31.3 Å². The Bertz CT molecular complexity index is 1640. The van der Waals surface area contributed by atoms with Gasteiger partial charge in [0.05, 0.1) is 12.3 Å². The summed E-state index contributed by atoms with van der Waals surface area (Å²) < 4.78 is 11.8. The predicted molar refractivity (Wildman–Crippen MR) is 155 cm³/mol. The minimum atomic E-state index is -0.807. The van der Waals surface area contributed by atoms with Crippen molar-refractivity contribution in [1.29, 1.82) is 0 Å². The van der Waals surface area contributed by atoms with Gasteiger partial charge in [0, 0.05) is 5.56 Å². The number of carbonyl (C=O) groups is 3. The first-order valence-corrected chi connectivity index (χ1v) is 13.2. The van der Waals surface area contributed by atoms with Crippen LogP contribution in [0.1, 0.15) is 35.6 Å². The van der Waals surface area contributed by atoms with E-state index in [-0.39, 0.29) is 5.57 Å². The predicted octanol–water partition coefficient (Wildman–Crippen LogP) is 6.49. The van der Waals surface area contributed by atoms with Gasteiger partial charge in [-0.15, -0.1) is 0 Å². The number of rotatable bonds is 8. The molecule has 0 bridgehead atoms. The Morgan fingerprint density at radius 1 is 0.850 bits per heavy atom. The molecule has 7 nitrogen and oxygen atoms in total. The van der Waals surface area contributed by atoms with Crippen LogP contribution in [0, 0.1) is 13.8 Å². The molecule has 0 unspecified atom stereocenters. The molecule has 7 heteroatoms. The van der Waals surface area contributed by atoms with Crippen molar-refractivity contribution in [3.8, 4) is 11.5 Å². The first kappa shape index (κ1) is 26.7. The molecule has 4 aromatic rings. The molecule has 1 aliphatic rings. The smallest absolute Gasteiger partial charge is 0.335 e. The van der Waals surface area contributed by atoms with E-state index in [0.717, 1.165) is 27.7 Å². The monoisotopic (exact) mass is 534 g/mol. The molecular weight excluding hydrogens is 504 g/mol. The van der Waals surface area contributed by atoms with Crippen LogP contribution in [0.15, 0.2) is 84.4 Å². The SMILES string of the molecule is CCCOc1ccc(N2C(=O)NC(=O)/C(=C/c3c(OCc4ccc(C)c(C)c4)ccc4ccccc34)C2=O)cc1. The van der Waals surface area contributed by atoms with Gasteiger partial charge in [-0.05, 0) is 84.1 Å². The normalized spacial score (nSPS) is 14.5. The summed E-state index contributed by atoms with van der Waals surface area (Å²) in [5.41, 5.74) is 4.11. The number of nitrogens with zero attached hydrogens (tertiary/aromatic N) is 1. The molecule has 0 radical (unpaired) electrons. The number of fused-ring (bicyclic) bond motifs is 1. The number of barbiturate groups is 1. The molecule has 0 spiro atoms. The van der Waals surface area contributed by atoms with Gasteiger partial charge in [0.15, 0.2) is 0 Å². The van der Waals surface area contributed by atoms with Crippen LogP contribution < -0.4 is 19.7 Å². The number of nitrogens with one attached hydrogen (secondary N) is 1. The quantitative estimate of drug-likeness (QED) is 0.206. The van der Waals surface area contributed by atoms with Crippen LogP contribution in [0.4, 0.5) is 10.5 Å². The van der Waals surface area contributed by atoms with Crippen molar-refractivity contribution in [3.63, 3.8) is 0 Å². The molecule has 5 rings (SSSR count). The molecule has 4 amide bonds. The molecule has 0 aromatic heterocycles. The van der Waals surface area contributed by atoms with Crippen LogP contribution in [0.25, 0.3) is 16.8 Å². The number of carbonyl (C=O) groups excluding carboxylic acids is 3. The van der Waals surface area contributed by atoms with Crippen molar-refractivity contribution in [2.24, 2.45) is 0 Å². The summed E-state index contributed by atoms with van der Waals surface area (Å²) in [5.74, 6) is -0.333. The maximum absolute atomic E-state index is 13.6. The van der Waals surface area contributed by atoms with Gasteiger partial charge in [0.2, 0.25) is 0 Å². The number of amides is 4. The average Bonchev–Trinajstić information content (AvgIpc) is 2.95. The van der Waals surface area contributed by atoms with E-state index in [1.165, 1.54) is 17.2 Å². The van der Waals surface area contributed by atoms with E-state index < -0.39 is 17.8 Å². The fraction of sp³-hybridized carbons (Fsp3) is 0.182. The maximum Gasteiger partial charge on any atom is 0.335 e.